The van der Waals surface area contributed by atoms with E-state index in [0.29, 0.717) is 5.92 Å². The number of thiophene rings is 1. The van der Waals surface area contributed by atoms with Crippen molar-refractivity contribution in [3.8, 4) is 11.3 Å². The van der Waals surface area contributed by atoms with Gasteiger partial charge in [-0.05, 0) is 47.2 Å². The van der Waals surface area contributed by atoms with Crippen molar-refractivity contribution in [3.63, 3.8) is 0 Å². The van der Waals surface area contributed by atoms with Crippen molar-refractivity contribution in [2.24, 2.45) is 0 Å². The van der Waals surface area contributed by atoms with Gasteiger partial charge in [0.05, 0.1) is 24.0 Å². The number of benzene rings is 3. The zero-order valence-corrected chi connectivity index (χ0v) is 21.4. The summed E-state index contributed by atoms with van der Waals surface area (Å²) in [6, 6.07) is 20.2. The third kappa shape index (κ3) is 3.70. The van der Waals surface area contributed by atoms with E-state index in [-0.39, 0.29) is 6.30 Å². The summed E-state index contributed by atoms with van der Waals surface area (Å²) in [7, 11) is -1.59. The lowest BCUT2D eigenvalue weighted by Gasteiger charge is -2.21. The third-order valence-corrected chi connectivity index (χ3v) is 10.4. The van der Waals surface area contributed by atoms with Gasteiger partial charge >= 0.3 is 0 Å². The van der Waals surface area contributed by atoms with Gasteiger partial charge in [-0.2, -0.15) is 0 Å². The second kappa shape index (κ2) is 8.03. The molecule has 2 nitrogen and oxygen atoms in total. The highest BCUT2D eigenvalue weighted by Gasteiger charge is 2.22. The van der Waals surface area contributed by atoms with Crippen molar-refractivity contribution < 1.29 is 1.37 Å². The number of hydrogen-bond donors (Lipinski definition) is 0. The standard InChI is InChI=1S/C29H30N2SSi/c1-33(2,3)26-17-22(15-21-11-7-8-12-23(21)26)27-29-28(31-18-30-27)24-14-13-20(16-25(24)32-29)19-9-5-4-6-10-19/h7-8,11-19H,4-6,9-10H2,1-3H3/i18D. The number of rotatable bonds is 3. The fourth-order valence-corrected chi connectivity index (χ4v) is 8.33. The SMILES string of the molecule is [2H]c1nc(-c2cc([Si](C)(C)C)c3ccccc3c2)c2sc3cc(C4CCCCC4)ccc3c2n1. The quantitative estimate of drug-likeness (QED) is 0.250. The molecule has 33 heavy (non-hydrogen) atoms. The predicted octanol–water partition coefficient (Wildman–Crippen LogP) is 8.26. The van der Waals surface area contributed by atoms with Crippen LogP contribution in [-0.4, -0.2) is 18.0 Å². The molecule has 0 amide bonds. The maximum absolute atomic E-state index is 8.41. The van der Waals surface area contributed by atoms with Crippen LogP contribution >= 0.6 is 11.3 Å². The van der Waals surface area contributed by atoms with Crippen LogP contribution < -0.4 is 5.19 Å². The molecule has 1 saturated carbocycles. The Labute approximate surface area is 202 Å². The van der Waals surface area contributed by atoms with E-state index in [1.54, 1.807) is 11.3 Å². The highest BCUT2D eigenvalue weighted by atomic mass is 32.1. The van der Waals surface area contributed by atoms with Crippen LogP contribution in [0.25, 0.3) is 42.3 Å². The molecule has 166 valence electrons. The fraction of sp³-hybridized carbons (Fsp3) is 0.310. The molecule has 1 fully saturated rings. The van der Waals surface area contributed by atoms with E-state index in [2.05, 4.69) is 79.2 Å². The molecule has 0 atom stereocenters. The van der Waals surface area contributed by atoms with Crippen LogP contribution in [0.1, 0.15) is 45.0 Å². The second-order valence-corrected chi connectivity index (χ2v) is 16.6. The van der Waals surface area contributed by atoms with Crippen molar-refractivity contribution in [1.29, 1.82) is 0 Å². The van der Waals surface area contributed by atoms with Crippen LogP contribution in [-0.2, 0) is 0 Å². The van der Waals surface area contributed by atoms with E-state index < -0.39 is 8.07 Å². The maximum atomic E-state index is 8.41. The Hall–Kier alpha value is -2.56. The third-order valence-electron chi connectivity index (χ3n) is 7.25. The summed E-state index contributed by atoms with van der Waals surface area (Å²) in [5.41, 5.74) is 4.40. The van der Waals surface area contributed by atoms with Gasteiger partial charge in [-0.15, -0.1) is 11.3 Å². The molecule has 0 N–H and O–H groups in total. The lowest BCUT2D eigenvalue weighted by Crippen LogP contribution is -2.38. The summed E-state index contributed by atoms with van der Waals surface area (Å²) in [6.07, 6.45) is 6.76. The topological polar surface area (TPSA) is 25.8 Å². The summed E-state index contributed by atoms with van der Waals surface area (Å²) in [4.78, 5) is 9.29. The molecule has 2 aromatic heterocycles. The van der Waals surface area contributed by atoms with Crippen molar-refractivity contribution in [3.05, 3.63) is 66.5 Å². The lowest BCUT2D eigenvalue weighted by molar-refractivity contribution is 0.444. The first-order valence-electron chi connectivity index (χ1n) is 12.6. The van der Waals surface area contributed by atoms with Crippen LogP contribution in [0, 0.1) is 0 Å². The Bertz CT molecular complexity index is 1540. The summed E-state index contributed by atoms with van der Waals surface area (Å²) in [5, 5.41) is 5.19. The molecule has 1 aliphatic rings. The Morgan fingerprint density at radius 2 is 1.73 bits per heavy atom. The molecule has 6 rings (SSSR count). The minimum absolute atomic E-state index is 0.0984. The van der Waals surface area contributed by atoms with Gasteiger partial charge in [-0.3, -0.25) is 0 Å². The molecule has 2 heterocycles. The van der Waals surface area contributed by atoms with Gasteiger partial charge in [-0.25, -0.2) is 9.97 Å². The van der Waals surface area contributed by atoms with E-state index in [9.17, 15) is 0 Å². The van der Waals surface area contributed by atoms with Gasteiger partial charge in [0, 0.05) is 15.6 Å². The molecule has 0 bridgehead atoms. The Balaban J connectivity index is 1.58. The van der Waals surface area contributed by atoms with Gasteiger partial charge < -0.3 is 0 Å². The molecule has 1 aliphatic carbocycles. The number of fused-ring (bicyclic) bond motifs is 4. The molecule has 0 unspecified atom stereocenters. The summed E-state index contributed by atoms with van der Waals surface area (Å²) < 4.78 is 10.8. The highest BCUT2D eigenvalue weighted by Crippen LogP contribution is 2.41. The van der Waals surface area contributed by atoms with Crippen molar-refractivity contribution in [2.75, 3.05) is 0 Å². The first-order chi connectivity index (χ1) is 16.4. The van der Waals surface area contributed by atoms with Crippen LogP contribution in [0.4, 0.5) is 0 Å². The number of nitrogens with zero attached hydrogens (tertiary/aromatic N) is 2. The van der Waals surface area contributed by atoms with Crippen molar-refractivity contribution in [2.45, 2.75) is 57.7 Å². The van der Waals surface area contributed by atoms with Gasteiger partial charge in [0.25, 0.3) is 0 Å². The van der Waals surface area contributed by atoms with Crippen molar-refractivity contribution >= 4 is 55.7 Å². The number of aromatic nitrogens is 2. The van der Waals surface area contributed by atoms with Crippen LogP contribution in [0.5, 0.6) is 0 Å². The molecule has 0 spiro atoms. The molecular formula is C29H30N2SSi. The molecule has 0 aliphatic heterocycles. The maximum Gasteiger partial charge on any atom is 0.116 e. The minimum Gasteiger partial charge on any atom is -0.235 e. The summed E-state index contributed by atoms with van der Waals surface area (Å²) in [5.74, 6) is 0.681. The highest BCUT2D eigenvalue weighted by molar-refractivity contribution is 7.26. The van der Waals surface area contributed by atoms with E-state index in [4.69, 9.17) is 6.35 Å². The van der Waals surface area contributed by atoms with Gasteiger partial charge in [0.1, 0.15) is 7.67 Å². The largest absolute Gasteiger partial charge is 0.235 e. The molecule has 4 heteroatoms. The average Bonchev–Trinajstić information content (AvgIpc) is 3.20. The first kappa shape index (κ1) is 19.9. The van der Waals surface area contributed by atoms with E-state index >= 15 is 0 Å². The Morgan fingerprint density at radius 3 is 2.55 bits per heavy atom. The molecule has 3 aromatic carbocycles. The molecule has 0 radical (unpaired) electrons. The van der Waals surface area contributed by atoms with Gasteiger partial charge in [0.2, 0.25) is 0 Å². The minimum atomic E-state index is -1.59. The van der Waals surface area contributed by atoms with E-state index in [1.807, 2.05) is 0 Å². The average molecular weight is 468 g/mol. The smallest absolute Gasteiger partial charge is 0.116 e. The van der Waals surface area contributed by atoms with Crippen LogP contribution in [0.2, 0.25) is 19.6 Å². The van der Waals surface area contributed by atoms with Gasteiger partial charge in [0.15, 0.2) is 0 Å². The van der Waals surface area contributed by atoms with E-state index in [0.717, 1.165) is 26.9 Å². The molecule has 0 saturated heterocycles. The Morgan fingerprint density at radius 1 is 0.909 bits per heavy atom. The summed E-state index contributed by atoms with van der Waals surface area (Å²) >= 11 is 1.79. The molecule has 5 aromatic rings. The fourth-order valence-electron chi connectivity index (χ4n) is 5.50. The Kier molecular flexibility index (Phi) is 4.84. The van der Waals surface area contributed by atoms with Crippen molar-refractivity contribution in [1.82, 2.24) is 9.97 Å². The van der Waals surface area contributed by atoms with Gasteiger partial charge in [-0.1, -0.05) is 86.6 Å². The monoisotopic (exact) mass is 467 g/mol. The molecular weight excluding hydrogens is 436 g/mol. The lowest BCUT2D eigenvalue weighted by atomic mass is 9.84. The first-order valence-corrected chi connectivity index (χ1v) is 16.4. The normalized spacial score (nSPS) is 16.0. The predicted molar refractivity (Wildman–Crippen MR) is 147 cm³/mol. The summed E-state index contributed by atoms with van der Waals surface area (Å²) in [6.45, 7) is 7.20. The number of hydrogen-bond acceptors (Lipinski definition) is 3. The van der Waals surface area contributed by atoms with E-state index in [1.165, 1.54) is 58.3 Å². The second-order valence-electron chi connectivity index (χ2n) is 10.5. The zero-order valence-electron chi connectivity index (χ0n) is 20.6. The van der Waals surface area contributed by atoms with Crippen LogP contribution in [0.3, 0.4) is 0 Å². The zero-order chi connectivity index (χ0) is 23.4. The van der Waals surface area contributed by atoms with Crippen LogP contribution in [0.15, 0.2) is 60.9 Å².